The quantitative estimate of drug-likeness (QED) is 0.487. The van der Waals surface area contributed by atoms with Gasteiger partial charge in [-0.15, -0.1) is 5.73 Å². The first-order chi connectivity index (χ1) is 4.80. The van der Waals surface area contributed by atoms with Crippen molar-refractivity contribution in [3.8, 4) is 0 Å². The molecule has 0 bridgehead atoms. The smallest absolute Gasteiger partial charge is 0.0345 e. The first-order valence-electron chi connectivity index (χ1n) is 3.45. The third kappa shape index (κ3) is 1.71. The van der Waals surface area contributed by atoms with E-state index in [9.17, 15) is 0 Å². The molecule has 0 unspecified atom stereocenters. The Morgan fingerprint density at radius 1 is 1.50 bits per heavy atom. The van der Waals surface area contributed by atoms with Crippen LogP contribution in [0.2, 0.25) is 0 Å². The van der Waals surface area contributed by atoms with Crippen LogP contribution in [0.15, 0.2) is 34.6 Å². The number of aliphatic imine (C=N–C) groups is 1. The molecule has 0 saturated carbocycles. The lowest BCUT2D eigenvalue weighted by Gasteiger charge is -2.01. The lowest BCUT2D eigenvalue weighted by atomic mass is 10.1. The fourth-order valence-corrected chi connectivity index (χ4v) is 0.713. The van der Waals surface area contributed by atoms with Gasteiger partial charge in [0.1, 0.15) is 0 Å². The van der Waals surface area contributed by atoms with Gasteiger partial charge in [-0.05, 0) is 23.6 Å². The molecule has 1 aliphatic heterocycles. The minimum atomic E-state index is 0.538. The summed E-state index contributed by atoms with van der Waals surface area (Å²) in [5, 5.41) is 0. The number of hydrogen-bond donors (Lipinski definition) is 0. The van der Waals surface area contributed by atoms with Crippen molar-refractivity contribution in [2.75, 3.05) is 0 Å². The molecule has 0 amide bonds. The van der Waals surface area contributed by atoms with Gasteiger partial charge in [0, 0.05) is 12.4 Å². The van der Waals surface area contributed by atoms with E-state index in [-0.39, 0.29) is 0 Å². The van der Waals surface area contributed by atoms with Gasteiger partial charge in [0.05, 0.1) is 0 Å². The standard InChI is InChI=1S/C9H11N/c1-8(2)9-5-3-4-6-10-7-9/h4-8H,1-2H3. The molecular weight excluding hydrogens is 122 g/mol. The predicted octanol–water partition coefficient (Wildman–Crippen LogP) is 2.32. The van der Waals surface area contributed by atoms with Crippen LogP contribution in [-0.4, -0.2) is 6.21 Å². The molecule has 0 spiro atoms. The fraction of sp³-hybridized carbons (Fsp3) is 0.333. The van der Waals surface area contributed by atoms with Crippen molar-refractivity contribution in [2.45, 2.75) is 13.8 Å². The van der Waals surface area contributed by atoms with Crippen molar-refractivity contribution in [1.82, 2.24) is 0 Å². The molecule has 0 fully saturated rings. The monoisotopic (exact) mass is 133 g/mol. The molecule has 0 saturated heterocycles. The van der Waals surface area contributed by atoms with Crippen LogP contribution in [0.25, 0.3) is 0 Å². The van der Waals surface area contributed by atoms with Crippen molar-refractivity contribution in [2.24, 2.45) is 10.9 Å². The number of hydrogen-bond acceptors (Lipinski definition) is 1. The Hall–Kier alpha value is -1.07. The van der Waals surface area contributed by atoms with E-state index in [2.05, 4.69) is 24.6 Å². The maximum Gasteiger partial charge on any atom is 0.0345 e. The Labute approximate surface area is 61.5 Å². The molecule has 0 aliphatic carbocycles. The van der Waals surface area contributed by atoms with Crippen LogP contribution >= 0.6 is 0 Å². The topological polar surface area (TPSA) is 12.4 Å². The second-order valence-corrected chi connectivity index (χ2v) is 2.56. The van der Waals surface area contributed by atoms with Crippen LogP contribution in [0.5, 0.6) is 0 Å². The van der Waals surface area contributed by atoms with E-state index in [1.54, 1.807) is 6.21 Å². The van der Waals surface area contributed by atoms with Crippen molar-refractivity contribution < 1.29 is 0 Å². The molecule has 10 heavy (non-hydrogen) atoms. The Morgan fingerprint density at radius 3 is 3.00 bits per heavy atom. The second-order valence-electron chi connectivity index (χ2n) is 2.56. The van der Waals surface area contributed by atoms with Crippen LogP contribution in [0.1, 0.15) is 13.8 Å². The molecule has 1 aliphatic rings. The molecule has 0 N–H and O–H groups in total. The van der Waals surface area contributed by atoms with Crippen molar-refractivity contribution in [3.05, 3.63) is 29.7 Å². The molecule has 1 heteroatoms. The highest BCUT2D eigenvalue weighted by atomic mass is 14.7. The van der Waals surface area contributed by atoms with Gasteiger partial charge in [-0.2, -0.15) is 0 Å². The molecular formula is C9H11N. The maximum atomic E-state index is 4.04. The van der Waals surface area contributed by atoms with Gasteiger partial charge < -0.3 is 0 Å². The number of allylic oxidation sites excluding steroid dienone is 2. The minimum Gasteiger partial charge on any atom is -0.264 e. The summed E-state index contributed by atoms with van der Waals surface area (Å²) in [5.74, 6) is 0.538. The van der Waals surface area contributed by atoms with Crippen LogP contribution in [0, 0.1) is 5.92 Å². The zero-order valence-corrected chi connectivity index (χ0v) is 6.33. The van der Waals surface area contributed by atoms with Gasteiger partial charge in [-0.1, -0.05) is 13.8 Å². The summed E-state index contributed by atoms with van der Waals surface area (Å²) in [4.78, 5) is 4.04. The average molecular weight is 133 g/mol. The van der Waals surface area contributed by atoms with Gasteiger partial charge in [0.15, 0.2) is 0 Å². The van der Waals surface area contributed by atoms with E-state index >= 15 is 0 Å². The highest BCUT2D eigenvalue weighted by Gasteiger charge is 1.97. The van der Waals surface area contributed by atoms with Crippen LogP contribution < -0.4 is 0 Å². The Morgan fingerprint density at radius 2 is 2.30 bits per heavy atom. The van der Waals surface area contributed by atoms with E-state index in [0.29, 0.717) is 5.92 Å². The lowest BCUT2D eigenvalue weighted by molar-refractivity contribution is 0.789. The van der Waals surface area contributed by atoms with E-state index in [0.717, 1.165) is 0 Å². The van der Waals surface area contributed by atoms with Crippen LogP contribution in [0.3, 0.4) is 0 Å². The zero-order chi connectivity index (χ0) is 7.40. The molecule has 1 nitrogen and oxygen atoms in total. The molecule has 0 aromatic heterocycles. The summed E-state index contributed by atoms with van der Waals surface area (Å²) in [6.07, 6.45) is 7.40. The highest BCUT2D eigenvalue weighted by Crippen LogP contribution is 2.10. The van der Waals surface area contributed by atoms with E-state index in [4.69, 9.17) is 0 Å². The maximum absolute atomic E-state index is 4.04. The largest absolute Gasteiger partial charge is 0.264 e. The summed E-state index contributed by atoms with van der Waals surface area (Å²) in [7, 11) is 0. The summed E-state index contributed by atoms with van der Waals surface area (Å²) in [6, 6.07) is 0. The third-order valence-corrected chi connectivity index (χ3v) is 1.40. The van der Waals surface area contributed by atoms with Gasteiger partial charge >= 0.3 is 0 Å². The Balaban J connectivity index is 2.86. The van der Waals surface area contributed by atoms with Crippen LogP contribution in [0.4, 0.5) is 0 Å². The van der Waals surface area contributed by atoms with E-state index in [1.807, 2.05) is 18.4 Å². The van der Waals surface area contributed by atoms with Gasteiger partial charge in [0.2, 0.25) is 0 Å². The van der Waals surface area contributed by atoms with Gasteiger partial charge in [-0.25, -0.2) is 0 Å². The Kier molecular flexibility index (Phi) is 2.24. The van der Waals surface area contributed by atoms with Crippen molar-refractivity contribution in [1.29, 1.82) is 0 Å². The van der Waals surface area contributed by atoms with E-state index < -0.39 is 0 Å². The molecule has 0 aromatic rings. The normalized spacial score (nSPS) is 15.7. The molecule has 52 valence electrons. The lowest BCUT2D eigenvalue weighted by Crippen LogP contribution is -1.88. The first kappa shape index (κ1) is 7.04. The van der Waals surface area contributed by atoms with Gasteiger partial charge in [0.25, 0.3) is 0 Å². The molecule has 1 heterocycles. The third-order valence-electron chi connectivity index (χ3n) is 1.40. The highest BCUT2D eigenvalue weighted by molar-refractivity contribution is 5.72. The fourth-order valence-electron chi connectivity index (χ4n) is 0.713. The molecule has 0 radical (unpaired) electrons. The van der Waals surface area contributed by atoms with Crippen LogP contribution in [-0.2, 0) is 0 Å². The average Bonchev–Trinajstić information content (AvgIpc) is 2.12. The molecule has 0 atom stereocenters. The van der Waals surface area contributed by atoms with E-state index in [1.165, 1.54) is 5.57 Å². The number of nitrogens with zero attached hydrogens (tertiary/aromatic N) is 1. The number of rotatable bonds is 1. The second kappa shape index (κ2) is 3.19. The predicted molar refractivity (Wildman–Crippen MR) is 44.1 cm³/mol. The summed E-state index contributed by atoms with van der Waals surface area (Å²) in [5.41, 5.74) is 4.24. The summed E-state index contributed by atoms with van der Waals surface area (Å²) in [6.45, 7) is 4.29. The zero-order valence-electron chi connectivity index (χ0n) is 6.33. The van der Waals surface area contributed by atoms with Crippen molar-refractivity contribution >= 4 is 6.21 Å². The summed E-state index contributed by atoms with van der Waals surface area (Å²) >= 11 is 0. The molecule has 1 rings (SSSR count). The SMILES string of the molecule is CC(C)C1=CN=CC=C=C1. The minimum absolute atomic E-state index is 0.538. The van der Waals surface area contributed by atoms with Gasteiger partial charge in [-0.3, -0.25) is 4.99 Å². The first-order valence-corrected chi connectivity index (χ1v) is 3.45. The van der Waals surface area contributed by atoms with Crippen molar-refractivity contribution in [3.63, 3.8) is 0 Å². The Bertz CT molecular complexity index is 225. The molecule has 0 aromatic carbocycles. The summed E-state index contributed by atoms with van der Waals surface area (Å²) < 4.78 is 0.